The van der Waals surface area contributed by atoms with E-state index < -0.39 is 0 Å². The number of hydrogen-bond acceptors (Lipinski definition) is 2. The average molecular weight is 304 g/mol. The number of hydrogen-bond donors (Lipinski definition) is 1. The van der Waals surface area contributed by atoms with Crippen LogP contribution in [0.25, 0.3) is 0 Å². The van der Waals surface area contributed by atoms with Crippen LogP contribution in [0.5, 0.6) is 0 Å². The highest BCUT2D eigenvalue weighted by atomic mass is 16.2. The Morgan fingerprint density at radius 2 is 1.68 bits per heavy atom. The highest BCUT2D eigenvalue weighted by Gasteiger charge is 2.16. The second-order valence-corrected chi connectivity index (χ2v) is 6.94. The molecule has 0 atom stereocenters. The van der Waals surface area contributed by atoms with Crippen molar-refractivity contribution in [3.8, 4) is 0 Å². The van der Waals surface area contributed by atoms with Crippen LogP contribution in [0.2, 0.25) is 0 Å². The SMILES string of the molecule is CC(=O)N(CCC(=O)NC(C)C)c1ccc(C(C)(C)C)cc1. The third-order valence-corrected chi connectivity index (χ3v) is 3.44. The van der Waals surface area contributed by atoms with E-state index in [-0.39, 0.29) is 23.3 Å². The smallest absolute Gasteiger partial charge is 0.223 e. The summed E-state index contributed by atoms with van der Waals surface area (Å²) in [5.74, 6) is -0.0894. The molecule has 1 rings (SSSR count). The Morgan fingerprint density at radius 3 is 2.09 bits per heavy atom. The summed E-state index contributed by atoms with van der Waals surface area (Å²) in [6, 6.07) is 8.09. The van der Waals surface area contributed by atoms with E-state index in [1.54, 1.807) is 4.90 Å². The number of nitrogens with one attached hydrogen (secondary N) is 1. The van der Waals surface area contributed by atoms with E-state index in [1.165, 1.54) is 12.5 Å². The number of anilines is 1. The summed E-state index contributed by atoms with van der Waals surface area (Å²) in [4.78, 5) is 25.2. The molecule has 22 heavy (non-hydrogen) atoms. The minimum Gasteiger partial charge on any atom is -0.354 e. The quantitative estimate of drug-likeness (QED) is 0.908. The maximum Gasteiger partial charge on any atom is 0.223 e. The molecule has 0 saturated carbocycles. The Kier molecular flexibility index (Phi) is 6.15. The minimum atomic E-state index is -0.0548. The van der Waals surface area contributed by atoms with Crippen molar-refractivity contribution in [2.75, 3.05) is 11.4 Å². The minimum absolute atomic E-state index is 0.0347. The van der Waals surface area contributed by atoms with Crippen LogP contribution >= 0.6 is 0 Å². The maximum atomic E-state index is 11.9. The van der Waals surface area contributed by atoms with Crippen molar-refractivity contribution in [1.29, 1.82) is 0 Å². The largest absolute Gasteiger partial charge is 0.354 e. The molecular weight excluding hydrogens is 276 g/mol. The maximum absolute atomic E-state index is 11.9. The summed E-state index contributed by atoms with van der Waals surface area (Å²) >= 11 is 0. The Hall–Kier alpha value is -1.84. The molecular formula is C18H28N2O2. The predicted octanol–water partition coefficient (Wildman–Crippen LogP) is 3.25. The monoisotopic (exact) mass is 304 g/mol. The normalized spacial score (nSPS) is 11.4. The summed E-state index contributed by atoms with van der Waals surface area (Å²) in [6.07, 6.45) is 0.304. The lowest BCUT2D eigenvalue weighted by Gasteiger charge is -2.24. The molecule has 1 N–H and O–H groups in total. The molecule has 0 fully saturated rings. The van der Waals surface area contributed by atoms with Gasteiger partial charge in [-0.3, -0.25) is 9.59 Å². The number of rotatable bonds is 5. The average Bonchev–Trinajstić information content (AvgIpc) is 2.37. The fourth-order valence-electron chi connectivity index (χ4n) is 2.22. The van der Waals surface area contributed by atoms with Gasteiger partial charge in [0, 0.05) is 31.6 Å². The van der Waals surface area contributed by atoms with Gasteiger partial charge in [-0.1, -0.05) is 32.9 Å². The fraction of sp³-hybridized carbons (Fsp3) is 0.556. The molecule has 122 valence electrons. The van der Waals surface area contributed by atoms with Crippen molar-refractivity contribution in [2.24, 2.45) is 0 Å². The van der Waals surface area contributed by atoms with E-state index >= 15 is 0 Å². The van der Waals surface area contributed by atoms with Crippen LogP contribution in [0.1, 0.15) is 53.5 Å². The molecule has 1 aromatic rings. The van der Waals surface area contributed by atoms with Gasteiger partial charge in [0.2, 0.25) is 11.8 Å². The number of nitrogens with zero attached hydrogens (tertiary/aromatic N) is 1. The highest BCUT2D eigenvalue weighted by Crippen LogP contribution is 2.25. The Balaban J connectivity index is 2.79. The van der Waals surface area contributed by atoms with E-state index in [9.17, 15) is 9.59 Å². The second-order valence-electron chi connectivity index (χ2n) is 6.94. The third kappa shape index (κ3) is 5.51. The first-order valence-electron chi connectivity index (χ1n) is 7.79. The molecule has 4 nitrogen and oxygen atoms in total. The van der Waals surface area contributed by atoms with E-state index in [0.717, 1.165) is 5.69 Å². The molecule has 0 unspecified atom stereocenters. The van der Waals surface area contributed by atoms with Gasteiger partial charge >= 0.3 is 0 Å². The summed E-state index contributed by atoms with van der Waals surface area (Å²) in [5, 5.41) is 2.84. The lowest BCUT2D eigenvalue weighted by atomic mass is 9.87. The van der Waals surface area contributed by atoms with Crippen molar-refractivity contribution in [1.82, 2.24) is 5.32 Å². The lowest BCUT2D eigenvalue weighted by molar-refractivity contribution is -0.121. The molecule has 0 radical (unpaired) electrons. The molecule has 0 aliphatic rings. The fourth-order valence-corrected chi connectivity index (χ4v) is 2.22. The summed E-state index contributed by atoms with van der Waals surface area (Å²) in [5.41, 5.74) is 2.13. The summed E-state index contributed by atoms with van der Waals surface area (Å²) in [7, 11) is 0. The molecule has 0 aliphatic carbocycles. The highest BCUT2D eigenvalue weighted by molar-refractivity contribution is 5.92. The molecule has 0 bridgehead atoms. The predicted molar refractivity (Wildman–Crippen MR) is 91.1 cm³/mol. The number of amides is 2. The molecule has 0 aromatic heterocycles. The van der Waals surface area contributed by atoms with Gasteiger partial charge in [-0.15, -0.1) is 0 Å². The second kappa shape index (κ2) is 7.43. The van der Waals surface area contributed by atoms with Crippen LogP contribution < -0.4 is 10.2 Å². The van der Waals surface area contributed by atoms with Gasteiger partial charge in [0.1, 0.15) is 0 Å². The van der Waals surface area contributed by atoms with E-state index in [2.05, 4.69) is 26.1 Å². The van der Waals surface area contributed by atoms with Gasteiger partial charge in [-0.25, -0.2) is 0 Å². The van der Waals surface area contributed by atoms with Crippen molar-refractivity contribution in [3.05, 3.63) is 29.8 Å². The summed E-state index contributed by atoms with van der Waals surface area (Å²) in [6.45, 7) is 12.2. The summed E-state index contributed by atoms with van der Waals surface area (Å²) < 4.78 is 0. The number of benzene rings is 1. The molecule has 0 heterocycles. The van der Waals surface area contributed by atoms with Crippen LogP contribution in [0.3, 0.4) is 0 Å². The zero-order valence-corrected chi connectivity index (χ0v) is 14.6. The van der Waals surface area contributed by atoms with Gasteiger partial charge in [0.05, 0.1) is 0 Å². The van der Waals surface area contributed by atoms with Crippen LogP contribution in [-0.4, -0.2) is 24.4 Å². The van der Waals surface area contributed by atoms with Crippen molar-refractivity contribution in [3.63, 3.8) is 0 Å². The van der Waals surface area contributed by atoms with E-state index in [0.29, 0.717) is 13.0 Å². The molecule has 2 amide bonds. The van der Waals surface area contributed by atoms with Crippen molar-refractivity contribution in [2.45, 2.75) is 59.4 Å². The molecule has 4 heteroatoms. The van der Waals surface area contributed by atoms with E-state index in [1.807, 2.05) is 38.1 Å². The van der Waals surface area contributed by atoms with Crippen LogP contribution in [0.15, 0.2) is 24.3 Å². The van der Waals surface area contributed by atoms with Gasteiger partial charge in [0.15, 0.2) is 0 Å². The number of carbonyl (C=O) groups is 2. The zero-order valence-electron chi connectivity index (χ0n) is 14.6. The van der Waals surface area contributed by atoms with Gasteiger partial charge in [-0.2, -0.15) is 0 Å². The van der Waals surface area contributed by atoms with Crippen molar-refractivity contribution < 1.29 is 9.59 Å². The third-order valence-electron chi connectivity index (χ3n) is 3.44. The molecule has 0 saturated heterocycles. The van der Waals surface area contributed by atoms with Gasteiger partial charge in [-0.05, 0) is 37.0 Å². The van der Waals surface area contributed by atoms with Crippen LogP contribution in [0, 0.1) is 0 Å². The van der Waals surface area contributed by atoms with Crippen LogP contribution in [-0.2, 0) is 15.0 Å². The zero-order chi connectivity index (χ0) is 16.9. The van der Waals surface area contributed by atoms with E-state index in [4.69, 9.17) is 0 Å². The molecule has 1 aromatic carbocycles. The van der Waals surface area contributed by atoms with Crippen LogP contribution in [0.4, 0.5) is 5.69 Å². The van der Waals surface area contributed by atoms with Gasteiger partial charge in [0.25, 0.3) is 0 Å². The van der Waals surface area contributed by atoms with Gasteiger partial charge < -0.3 is 10.2 Å². The topological polar surface area (TPSA) is 49.4 Å². The lowest BCUT2D eigenvalue weighted by Crippen LogP contribution is -2.36. The molecule has 0 aliphatic heterocycles. The Morgan fingerprint density at radius 1 is 1.14 bits per heavy atom. The number of carbonyl (C=O) groups excluding carboxylic acids is 2. The Labute approximate surface area is 133 Å². The Bertz CT molecular complexity index is 513. The van der Waals surface area contributed by atoms with Crippen molar-refractivity contribution >= 4 is 17.5 Å². The molecule has 0 spiro atoms. The first-order chi connectivity index (χ1) is 10.1. The first kappa shape index (κ1) is 18.2. The first-order valence-corrected chi connectivity index (χ1v) is 7.79. The standard InChI is InChI=1S/C18H28N2O2/c1-13(2)19-17(22)11-12-20(14(3)21)16-9-7-15(8-10-16)18(4,5)6/h7-10,13H,11-12H2,1-6H3,(H,19,22).